The van der Waals surface area contributed by atoms with Crippen LogP contribution in [-0.4, -0.2) is 12.9 Å². The molecule has 2 rings (SSSR count). The van der Waals surface area contributed by atoms with Crippen LogP contribution in [0.1, 0.15) is 27.0 Å². The van der Waals surface area contributed by atoms with E-state index in [1.165, 1.54) is 5.56 Å². The lowest BCUT2D eigenvalue weighted by atomic mass is 10.0. The summed E-state index contributed by atoms with van der Waals surface area (Å²) in [4.78, 5) is 12.1. The monoisotopic (exact) mass is 266 g/mol. The second kappa shape index (κ2) is 6.20. The molecule has 0 aliphatic rings. The summed E-state index contributed by atoms with van der Waals surface area (Å²) in [6.07, 6.45) is 3.40. The summed E-state index contributed by atoms with van der Waals surface area (Å²) in [6, 6.07) is 13.4. The fourth-order valence-electron chi connectivity index (χ4n) is 1.91. The topological polar surface area (TPSA) is 26.3 Å². The number of methoxy groups -OCH3 is 1. The quantitative estimate of drug-likeness (QED) is 0.612. The van der Waals surface area contributed by atoms with Crippen LogP contribution in [0.15, 0.2) is 48.5 Å². The molecule has 0 N–H and O–H groups in total. The molecule has 0 aliphatic carbocycles. The fraction of sp³-hybridized carbons (Fsp3) is 0.167. The number of hydrogen-bond acceptors (Lipinski definition) is 2. The normalized spacial score (nSPS) is 10.8. The minimum atomic E-state index is 0.0101. The Morgan fingerprint density at radius 1 is 1.05 bits per heavy atom. The van der Waals surface area contributed by atoms with Crippen LogP contribution in [0.25, 0.3) is 6.08 Å². The molecule has 20 heavy (non-hydrogen) atoms. The Bertz CT molecular complexity index is 654. The Hall–Kier alpha value is -2.35. The number of aryl methyl sites for hydroxylation is 2. The van der Waals surface area contributed by atoms with Gasteiger partial charge in [-0.25, -0.2) is 0 Å². The summed E-state index contributed by atoms with van der Waals surface area (Å²) >= 11 is 0. The molecule has 2 aromatic carbocycles. The summed E-state index contributed by atoms with van der Waals surface area (Å²) in [5, 5.41) is 0. The number of ketones is 1. The van der Waals surface area contributed by atoms with Gasteiger partial charge in [-0.15, -0.1) is 0 Å². The zero-order valence-electron chi connectivity index (χ0n) is 12.0. The standard InChI is InChI=1S/C18H18O2/c1-13-7-9-16(11-14(13)2)18(19)10-8-15-5-4-6-17(12-15)20-3/h4-12H,1-3H3. The van der Waals surface area contributed by atoms with E-state index in [1.807, 2.05) is 56.3 Å². The first-order valence-corrected chi connectivity index (χ1v) is 6.54. The van der Waals surface area contributed by atoms with E-state index in [0.717, 1.165) is 16.9 Å². The van der Waals surface area contributed by atoms with E-state index < -0.39 is 0 Å². The lowest BCUT2D eigenvalue weighted by Crippen LogP contribution is -1.95. The third-order valence-corrected chi connectivity index (χ3v) is 3.31. The van der Waals surface area contributed by atoms with Crippen molar-refractivity contribution in [1.29, 1.82) is 0 Å². The molecule has 0 unspecified atom stereocenters. The van der Waals surface area contributed by atoms with Crippen molar-refractivity contribution in [3.05, 3.63) is 70.8 Å². The van der Waals surface area contributed by atoms with Crippen molar-refractivity contribution in [3.63, 3.8) is 0 Å². The van der Waals surface area contributed by atoms with Gasteiger partial charge in [0.1, 0.15) is 5.75 Å². The van der Waals surface area contributed by atoms with Crippen LogP contribution in [0.3, 0.4) is 0 Å². The van der Waals surface area contributed by atoms with E-state index >= 15 is 0 Å². The maximum atomic E-state index is 12.1. The molecule has 0 radical (unpaired) electrons. The first-order valence-electron chi connectivity index (χ1n) is 6.54. The predicted molar refractivity (Wildman–Crippen MR) is 82.3 cm³/mol. The Balaban J connectivity index is 2.17. The molecule has 0 saturated heterocycles. The van der Waals surface area contributed by atoms with Gasteiger partial charge < -0.3 is 4.74 Å². The highest BCUT2D eigenvalue weighted by Gasteiger charge is 2.03. The minimum Gasteiger partial charge on any atom is -0.497 e. The summed E-state index contributed by atoms with van der Waals surface area (Å²) in [7, 11) is 1.63. The highest BCUT2D eigenvalue weighted by atomic mass is 16.5. The Labute approximate surface area is 119 Å². The van der Waals surface area contributed by atoms with Crippen LogP contribution in [0.2, 0.25) is 0 Å². The number of ether oxygens (including phenoxy) is 1. The number of hydrogen-bond donors (Lipinski definition) is 0. The highest BCUT2D eigenvalue weighted by molar-refractivity contribution is 6.06. The van der Waals surface area contributed by atoms with Gasteiger partial charge in [-0.3, -0.25) is 4.79 Å². The molecule has 2 aromatic rings. The third-order valence-electron chi connectivity index (χ3n) is 3.31. The number of carbonyl (C=O) groups is 1. The summed E-state index contributed by atoms with van der Waals surface area (Å²) in [6.45, 7) is 4.05. The van der Waals surface area contributed by atoms with Crippen molar-refractivity contribution in [2.45, 2.75) is 13.8 Å². The number of benzene rings is 2. The maximum Gasteiger partial charge on any atom is 0.185 e. The van der Waals surface area contributed by atoms with Crippen molar-refractivity contribution >= 4 is 11.9 Å². The molecule has 0 saturated carbocycles. The fourth-order valence-corrected chi connectivity index (χ4v) is 1.91. The molecular formula is C18H18O2. The second-order valence-electron chi connectivity index (χ2n) is 4.77. The van der Waals surface area contributed by atoms with E-state index in [0.29, 0.717) is 5.56 Å². The summed E-state index contributed by atoms with van der Waals surface area (Å²) in [5.41, 5.74) is 3.98. The predicted octanol–water partition coefficient (Wildman–Crippen LogP) is 4.21. The van der Waals surface area contributed by atoms with Crippen LogP contribution in [0.4, 0.5) is 0 Å². The minimum absolute atomic E-state index is 0.0101. The van der Waals surface area contributed by atoms with Crippen molar-refractivity contribution < 1.29 is 9.53 Å². The van der Waals surface area contributed by atoms with Crippen molar-refractivity contribution in [2.75, 3.05) is 7.11 Å². The zero-order valence-corrected chi connectivity index (χ0v) is 12.0. The lowest BCUT2D eigenvalue weighted by molar-refractivity contribution is 0.104. The van der Waals surface area contributed by atoms with Crippen LogP contribution < -0.4 is 4.74 Å². The van der Waals surface area contributed by atoms with Gasteiger partial charge in [0.05, 0.1) is 7.11 Å². The summed E-state index contributed by atoms with van der Waals surface area (Å²) < 4.78 is 5.16. The van der Waals surface area contributed by atoms with Crippen LogP contribution in [-0.2, 0) is 0 Å². The molecule has 0 bridgehead atoms. The van der Waals surface area contributed by atoms with Gasteiger partial charge in [-0.2, -0.15) is 0 Å². The Morgan fingerprint density at radius 2 is 1.85 bits per heavy atom. The largest absolute Gasteiger partial charge is 0.497 e. The molecule has 2 heteroatoms. The number of carbonyl (C=O) groups excluding carboxylic acids is 1. The van der Waals surface area contributed by atoms with Crippen molar-refractivity contribution in [1.82, 2.24) is 0 Å². The smallest absolute Gasteiger partial charge is 0.185 e. The van der Waals surface area contributed by atoms with Gasteiger partial charge in [0.15, 0.2) is 5.78 Å². The zero-order chi connectivity index (χ0) is 14.5. The number of rotatable bonds is 4. The van der Waals surface area contributed by atoms with E-state index in [-0.39, 0.29) is 5.78 Å². The first kappa shape index (κ1) is 14.1. The average molecular weight is 266 g/mol. The van der Waals surface area contributed by atoms with E-state index in [1.54, 1.807) is 19.3 Å². The SMILES string of the molecule is COc1cccc(C=CC(=O)c2ccc(C)c(C)c2)c1. The van der Waals surface area contributed by atoms with Gasteiger partial charge in [-0.05, 0) is 54.8 Å². The van der Waals surface area contributed by atoms with Crippen LogP contribution in [0.5, 0.6) is 5.75 Å². The molecule has 0 aromatic heterocycles. The summed E-state index contributed by atoms with van der Waals surface area (Å²) in [5.74, 6) is 0.793. The van der Waals surface area contributed by atoms with E-state index in [9.17, 15) is 4.79 Å². The Morgan fingerprint density at radius 3 is 2.55 bits per heavy atom. The van der Waals surface area contributed by atoms with Crippen molar-refractivity contribution in [2.24, 2.45) is 0 Å². The van der Waals surface area contributed by atoms with Gasteiger partial charge >= 0.3 is 0 Å². The van der Waals surface area contributed by atoms with E-state index in [4.69, 9.17) is 4.74 Å². The molecule has 0 fully saturated rings. The molecule has 0 spiro atoms. The Kier molecular flexibility index (Phi) is 4.36. The second-order valence-corrected chi connectivity index (χ2v) is 4.77. The van der Waals surface area contributed by atoms with Crippen molar-refractivity contribution in [3.8, 4) is 5.75 Å². The molecule has 0 amide bonds. The van der Waals surface area contributed by atoms with Crippen LogP contribution >= 0.6 is 0 Å². The molecule has 102 valence electrons. The van der Waals surface area contributed by atoms with Gasteiger partial charge in [0, 0.05) is 5.56 Å². The molecule has 0 heterocycles. The molecule has 0 aliphatic heterocycles. The van der Waals surface area contributed by atoms with E-state index in [2.05, 4.69) is 0 Å². The third kappa shape index (κ3) is 3.35. The average Bonchev–Trinajstić information content (AvgIpc) is 2.47. The number of allylic oxidation sites excluding steroid dienone is 1. The van der Waals surface area contributed by atoms with Gasteiger partial charge in [0.2, 0.25) is 0 Å². The molecule has 0 atom stereocenters. The highest BCUT2D eigenvalue weighted by Crippen LogP contribution is 2.15. The van der Waals surface area contributed by atoms with Gasteiger partial charge in [-0.1, -0.05) is 30.3 Å². The first-order chi connectivity index (χ1) is 9.60. The molecular weight excluding hydrogens is 248 g/mol. The lowest BCUT2D eigenvalue weighted by Gasteiger charge is -2.02. The molecule has 2 nitrogen and oxygen atoms in total. The van der Waals surface area contributed by atoms with Gasteiger partial charge in [0.25, 0.3) is 0 Å². The van der Waals surface area contributed by atoms with Crippen LogP contribution in [0, 0.1) is 13.8 Å². The maximum absolute atomic E-state index is 12.1.